The molecule has 0 heterocycles. The molecule has 0 aliphatic rings. The van der Waals surface area contributed by atoms with Crippen molar-refractivity contribution >= 4 is 19.4 Å². The maximum absolute atomic E-state index is 5.81. The van der Waals surface area contributed by atoms with E-state index in [1.54, 1.807) is 0 Å². The van der Waals surface area contributed by atoms with Crippen molar-refractivity contribution in [1.29, 1.82) is 0 Å². The highest BCUT2D eigenvalue weighted by Gasteiger charge is 2.41. The Balaban J connectivity index is 0.000000357. The number of terminal acetylenes is 1. The quantitative estimate of drug-likeness (QED) is 0.0897. The zero-order valence-corrected chi connectivity index (χ0v) is 41.4. The van der Waals surface area contributed by atoms with E-state index < -0.39 is 8.07 Å². The van der Waals surface area contributed by atoms with E-state index in [-0.39, 0.29) is 0 Å². The first-order valence-electron chi connectivity index (χ1n) is 23.2. The molecule has 4 N–H and O–H groups in total. The summed E-state index contributed by atoms with van der Waals surface area (Å²) in [5, 5.41) is 0. The number of allylic oxidation sites excluding steroid dienone is 4. The average molecular weight is 859 g/mol. The Morgan fingerprint density at radius 2 is 0.641 bits per heavy atom. The van der Waals surface area contributed by atoms with Gasteiger partial charge >= 0.3 is 0 Å². The number of nitrogens with two attached hydrogens (primary N) is 2. The number of anilines is 2. The summed E-state index contributed by atoms with van der Waals surface area (Å²) in [6, 6.07) is 31.6. The number of hydrogen-bond acceptors (Lipinski definition) is 2. The van der Waals surface area contributed by atoms with Crippen molar-refractivity contribution in [2.45, 2.75) is 137 Å². The van der Waals surface area contributed by atoms with E-state index in [4.69, 9.17) is 17.9 Å². The molecule has 0 aliphatic carbocycles. The molecular formula is C61H70N2Si. The SMILES string of the molecule is C#Cc1ccc(C#C/C(CCC)=C(/C#Cc2ccc(N)cc2)CCC)cc1.CCC/C(C#Cc1ccc(N)cc1)=C(\C#Cc1ccc(C#C[Si](C(C)C)(C(C)C)C(C)C)cc1)CCC. The van der Waals surface area contributed by atoms with Crippen LogP contribution in [0.2, 0.25) is 16.6 Å². The monoisotopic (exact) mass is 859 g/mol. The van der Waals surface area contributed by atoms with Gasteiger partial charge in [-0.15, -0.1) is 12.0 Å². The Morgan fingerprint density at radius 3 is 0.875 bits per heavy atom. The van der Waals surface area contributed by atoms with Gasteiger partial charge in [0.1, 0.15) is 8.07 Å². The Kier molecular flexibility index (Phi) is 22.3. The van der Waals surface area contributed by atoms with Crippen LogP contribution in [0.15, 0.2) is 119 Å². The maximum Gasteiger partial charge on any atom is 0.146 e. The largest absolute Gasteiger partial charge is 0.399 e. The molecule has 0 saturated carbocycles. The lowest BCUT2D eigenvalue weighted by molar-refractivity contribution is 0.838. The highest BCUT2D eigenvalue weighted by Crippen LogP contribution is 2.40. The summed E-state index contributed by atoms with van der Waals surface area (Å²) in [6.45, 7) is 22.9. The van der Waals surface area contributed by atoms with Crippen LogP contribution in [0.1, 0.15) is 154 Å². The van der Waals surface area contributed by atoms with Crippen molar-refractivity contribution in [3.63, 3.8) is 0 Å². The van der Waals surface area contributed by atoms with Crippen LogP contribution in [-0.4, -0.2) is 8.07 Å². The van der Waals surface area contributed by atoms with E-state index in [1.807, 2.05) is 72.8 Å². The zero-order chi connectivity index (χ0) is 46.9. The zero-order valence-electron chi connectivity index (χ0n) is 40.4. The van der Waals surface area contributed by atoms with Crippen LogP contribution in [0.3, 0.4) is 0 Å². The molecule has 0 aromatic heterocycles. The van der Waals surface area contributed by atoms with Gasteiger partial charge in [0.2, 0.25) is 0 Å². The van der Waals surface area contributed by atoms with Gasteiger partial charge in [0.05, 0.1) is 0 Å². The Hall–Kier alpha value is -6.46. The van der Waals surface area contributed by atoms with Gasteiger partial charge in [-0.05, 0) is 139 Å². The minimum absolute atomic E-state index is 0.634. The smallest absolute Gasteiger partial charge is 0.146 e. The number of hydrogen-bond donors (Lipinski definition) is 2. The first-order valence-corrected chi connectivity index (χ1v) is 25.5. The van der Waals surface area contributed by atoms with Gasteiger partial charge in [-0.1, -0.05) is 154 Å². The van der Waals surface area contributed by atoms with Crippen LogP contribution >= 0.6 is 0 Å². The summed E-state index contributed by atoms with van der Waals surface area (Å²) in [5.74, 6) is 33.0. The molecule has 64 heavy (non-hydrogen) atoms. The van der Waals surface area contributed by atoms with E-state index in [0.29, 0.717) is 16.6 Å². The number of benzene rings is 4. The van der Waals surface area contributed by atoms with E-state index in [1.165, 1.54) is 0 Å². The van der Waals surface area contributed by atoms with E-state index >= 15 is 0 Å². The lowest BCUT2D eigenvalue weighted by atomic mass is 9.99. The molecular weight excluding hydrogens is 789 g/mol. The molecule has 0 amide bonds. The van der Waals surface area contributed by atoms with Gasteiger partial charge < -0.3 is 11.5 Å². The maximum atomic E-state index is 5.81. The summed E-state index contributed by atoms with van der Waals surface area (Å²) >= 11 is 0. The van der Waals surface area contributed by atoms with Crippen molar-refractivity contribution in [3.8, 4) is 71.2 Å². The highest BCUT2D eigenvalue weighted by atomic mass is 28.3. The second kappa shape index (κ2) is 27.6. The summed E-state index contributed by atoms with van der Waals surface area (Å²) in [7, 11) is -1.73. The van der Waals surface area contributed by atoms with Crippen LogP contribution in [0.25, 0.3) is 0 Å². The predicted molar refractivity (Wildman–Crippen MR) is 282 cm³/mol. The topological polar surface area (TPSA) is 52.0 Å². The van der Waals surface area contributed by atoms with Crippen molar-refractivity contribution < 1.29 is 0 Å². The standard InChI is InChI=1S/C35H45NSi.C26H25N/c1-9-11-33(34(12-10-2)22-18-31-19-23-35(36)24-20-31)21-17-30-13-15-32(16-14-30)25-26-37(27(3)4,28(5)6)29(7)8;1-4-7-24(17-13-22-11-9-21(6-3)10-12-22)25(8-5-2)18-14-23-15-19-26(27)20-16-23/h13-16,19-20,23-24,27-29H,9-12,36H2,1-8H3;3,9-12,15-16,19-20H,4-5,7-8,27H2,1-2H3/b34-33+;25-24+. The lowest BCUT2D eigenvalue weighted by Gasteiger charge is -2.38. The molecule has 0 spiro atoms. The normalized spacial score (nSPS) is 11.2. The summed E-state index contributed by atoms with van der Waals surface area (Å²) in [6.07, 6.45) is 13.3. The van der Waals surface area contributed by atoms with Gasteiger partial charge in [0.15, 0.2) is 0 Å². The summed E-state index contributed by atoms with van der Waals surface area (Å²) in [4.78, 5) is 0. The van der Waals surface area contributed by atoms with E-state index in [9.17, 15) is 0 Å². The first-order chi connectivity index (χ1) is 30.8. The molecule has 0 unspecified atom stereocenters. The third kappa shape index (κ3) is 16.7. The molecule has 4 rings (SSSR count). The van der Waals surface area contributed by atoms with Crippen molar-refractivity contribution in [1.82, 2.24) is 0 Å². The van der Waals surface area contributed by atoms with Gasteiger partial charge in [0, 0.05) is 67.0 Å². The second-order valence-electron chi connectivity index (χ2n) is 17.1. The highest BCUT2D eigenvalue weighted by molar-refractivity contribution is 6.90. The molecule has 4 aromatic carbocycles. The fourth-order valence-corrected chi connectivity index (χ4v) is 13.0. The molecule has 0 atom stereocenters. The van der Waals surface area contributed by atoms with Crippen molar-refractivity contribution in [2.75, 3.05) is 11.5 Å². The second-order valence-corrected chi connectivity index (χ2v) is 22.7. The van der Waals surface area contributed by atoms with Crippen LogP contribution in [0.4, 0.5) is 11.4 Å². The van der Waals surface area contributed by atoms with Gasteiger partial charge in [-0.25, -0.2) is 0 Å². The minimum atomic E-state index is -1.73. The predicted octanol–water partition coefficient (Wildman–Crippen LogP) is 14.7. The van der Waals surface area contributed by atoms with E-state index in [0.717, 1.165) is 118 Å². The van der Waals surface area contributed by atoms with Crippen LogP contribution in [-0.2, 0) is 0 Å². The summed E-state index contributed by atoms with van der Waals surface area (Å²) in [5.41, 5.74) is 29.2. The minimum Gasteiger partial charge on any atom is -0.399 e. The molecule has 0 fully saturated rings. The molecule has 0 aliphatic heterocycles. The van der Waals surface area contributed by atoms with Crippen LogP contribution in [0.5, 0.6) is 0 Å². The molecule has 4 aromatic rings. The van der Waals surface area contributed by atoms with Gasteiger partial charge in [-0.2, -0.15) is 0 Å². The average Bonchev–Trinajstić information content (AvgIpc) is 3.28. The lowest BCUT2D eigenvalue weighted by Crippen LogP contribution is -2.43. The van der Waals surface area contributed by atoms with Crippen molar-refractivity contribution in [2.24, 2.45) is 0 Å². The number of rotatable bonds is 11. The fourth-order valence-electron chi connectivity index (χ4n) is 7.78. The Labute approximate surface area is 390 Å². The van der Waals surface area contributed by atoms with Crippen molar-refractivity contribution in [3.05, 3.63) is 153 Å². The third-order valence-corrected chi connectivity index (χ3v) is 17.5. The summed E-state index contributed by atoms with van der Waals surface area (Å²) < 4.78 is 0. The number of nitrogen functional groups attached to an aromatic ring is 2. The molecule has 0 saturated heterocycles. The first kappa shape index (κ1) is 51.9. The fraction of sp³-hybridized carbons (Fsp3) is 0.344. The molecule has 3 heteroatoms. The molecule has 0 bridgehead atoms. The Bertz CT molecular complexity index is 2510. The third-order valence-electron chi connectivity index (χ3n) is 11.2. The molecule has 328 valence electrons. The molecule has 0 radical (unpaired) electrons. The Morgan fingerprint density at radius 1 is 0.406 bits per heavy atom. The van der Waals surface area contributed by atoms with E-state index in [2.05, 4.69) is 158 Å². The van der Waals surface area contributed by atoms with Crippen LogP contribution < -0.4 is 11.5 Å². The van der Waals surface area contributed by atoms with Gasteiger partial charge in [0.25, 0.3) is 0 Å². The van der Waals surface area contributed by atoms with Gasteiger partial charge in [-0.3, -0.25) is 0 Å². The molecule has 2 nitrogen and oxygen atoms in total. The van der Waals surface area contributed by atoms with Crippen LogP contribution in [0, 0.1) is 71.2 Å².